The summed E-state index contributed by atoms with van der Waals surface area (Å²) in [5.74, 6) is 6.63. The Bertz CT molecular complexity index is 596. The Kier molecular flexibility index (Phi) is 9.22. The van der Waals surface area contributed by atoms with Gasteiger partial charge in [-0.1, -0.05) is 68.5 Å². The van der Waals surface area contributed by atoms with Crippen LogP contribution in [0.5, 0.6) is 0 Å². The van der Waals surface area contributed by atoms with Crippen molar-refractivity contribution in [1.82, 2.24) is 9.96 Å². The lowest BCUT2D eigenvalue weighted by atomic mass is 9.92. The van der Waals surface area contributed by atoms with Crippen LogP contribution in [0.15, 0.2) is 0 Å². The maximum absolute atomic E-state index is 4.38. The van der Waals surface area contributed by atoms with Crippen LogP contribution in [0.25, 0.3) is 0 Å². The molecule has 0 aromatic rings. The van der Waals surface area contributed by atoms with Crippen molar-refractivity contribution in [2.24, 2.45) is 47.3 Å². The summed E-state index contributed by atoms with van der Waals surface area (Å²) in [4.78, 5) is 8.75. The summed E-state index contributed by atoms with van der Waals surface area (Å²) in [7, 11) is -3.46. The second kappa shape index (κ2) is 10.3. The average Bonchev–Trinajstić information content (AvgIpc) is 2.97. The summed E-state index contributed by atoms with van der Waals surface area (Å²) >= 11 is 0. The minimum absolute atomic E-state index is 0.182. The zero-order chi connectivity index (χ0) is 26.6. The molecule has 0 aromatic heterocycles. The Morgan fingerprint density at radius 2 is 0.647 bits per heavy atom. The Labute approximate surface area is 217 Å². The average molecular weight is 509 g/mol. The van der Waals surface area contributed by atoms with E-state index in [0.717, 1.165) is 58.4 Å². The predicted molar refractivity (Wildman–Crippen MR) is 159 cm³/mol. The molecule has 0 bridgehead atoms. The first-order valence-electron chi connectivity index (χ1n) is 14.7. The van der Waals surface area contributed by atoms with E-state index in [4.69, 9.17) is 0 Å². The SMILES string of the molecule is C[C@@H]1[C@H](C)[C@@H](C)C([Si](C)(CC[Si](C)(NC(C)(C)C)C2[C@H](C)[C@H](C)[C@H](C)[C@H]2C)NC(C)(C)C)[C@@H]1C. The predicted octanol–water partition coefficient (Wildman–Crippen LogP) is 8.77. The molecule has 0 saturated heterocycles. The van der Waals surface area contributed by atoms with Crippen molar-refractivity contribution in [3.05, 3.63) is 0 Å². The van der Waals surface area contributed by atoms with Gasteiger partial charge in [-0.2, -0.15) is 0 Å². The van der Waals surface area contributed by atoms with Crippen LogP contribution in [0.2, 0.25) is 36.3 Å². The van der Waals surface area contributed by atoms with Crippen LogP contribution < -0.4 is 9.96 Å². The molecule has 4 heteroatoms. The maximum Gasteiger partial charge on any atom is 0.126 e. The highest BCUT2D eigenvalue weighted by atomic mass is 28.3. The molecule has 0 radical (unpaired) electrons. The zero-order valence-corrected chi connectivity index (χ0v) is 28.2. The van der Waals surface area contributed by atoms with Gasteiger partial charge in [-0.3, -0.25) is 0 Å². The minimum atomic E-state index is -1.73. The van der Waals surface area contributed by atoms with E-state index in [1.54, 1.807) is 0 Å². The van der Waals surface area contributed by atoms with Crippen molar-refractivity contribution >= 4 is 16.5 Å². The van der Waals surface area contributed by atoms with Gasteiger partial charge in [0.1, 0.15) is 16.5 Å². The molecule has 0 amide bonds. The van der Waals surface area contributed by atoms with E-state index in [1.165, 1.54) is 12.1 Å². The Morgan fingerprint density at radius 3 is 0.824 bits per heavy atom. The molecule has 0 aromatic carbocycles. The van der Waals surface area contributed by atoms with Gasteiger partial charge in [0.2, 0.25) is 0 Å². The Balaban J connectivity index is 2.46. The van der Waals surface area contributed by atoms with Crippen LogP contribution in [0.4, 0.5) is 0 Å². The van der Waals surface area contributed by atoms with E-state index < -0.39 is 16.5 Å². The molecule has 0 spiro atoms. The van der Waals surface area contributed by atoms with Crippen LogP contribution in [-0.4, -0.2) is 27.5 Å². The Morgan fingerprint density at radius 1 is 0.441 bits per heavy atom. The number of hydrogen-bond acceptors (Lipinski definition) is 2. The van der Waals surface area contributed by atoms with Crippen molar-refractivity contribution in [3.63, 3.8) is 0 Å². The molecule has 202 valence electrons. The summed E-state index contributed by atoms with van der Waals surface area (Å²) < 4.78 is 0. The largest absolute Gasteiger partial charge is 0.332 e. The second-order valence-corrected chi connectivity index (χ2v) is 24.5. The Hall–Kier alpha value is 0.354. The molecular weight excluding hydrogens is 445 g/mol. The van der Waals surface area contributed by atoms with Crippen LogP contribution in [0, 0.1) is 47.3 Å². The van der Waals surface area contributed by atoms with Crippen molar-refractivity contribution in [2.45, 2.75) is 144 Å². The standard InChI is InChI=1S/C30H64N2Si2/c1-19-20(2)24(6)27(23(19)5)33(15,31-29(9,10)11)17-18-34(16,32-30(12,13)14)28-25(7)21(3)22(4)26(28)8/h19-28,31-32H,17-18H2,1-16H3/t19-,20+,21-,22+,23-,24-,25-,26-,27?,28?,33?,34?/m1/s1. The lowest BCUT2D eigenvalue weighted by Gasteiger charge is -2.49. The van der Waals surface area contributed by atoms with E-state index in [0.29, 0.717) is 0 Å². The van der Waals surface area contributed by atoms with E-state index >= 15 is 0 Å². The normalized spacial score (nSPS) is 39.9. The molecular formula is C30H64N2Si2. The molecule has 34 heavy (non-hydrogen) atoms. The fourth-order valence-corrected chi connectivity index (χ4v) is 24.0. The maximum atomic E-state index is 4.38. The molecule has 12 atom stereocenters. The van der Waals surface area contributed by atoms with Crippen LogP contribution in [0.3, 0.4) is 0 Å². The number of rotatable bonds is 7. The first-order valence-corrected chi connectivity index (χ1v) is 20.3. The first-order chi connectivity index (χ1) is 15.2. The number of nitrogens with one attached hydrogen (secondary N) is 2. The van der Waals surface area contributed by atoms with Gasteiger partial charge < -0.3 is 9.96 Å². The van der Waals surface area contributed by atoms with Gasteiger partial charge in [0, 0.05) is 11.1 Å². The second-order valence-electron chi connectivity index (χ2n) is 16.0. The fourth-order valence-electron chi connectivity index (χ4n) is 9.36. The molecule has 2 nitrogen and oxygen atoms in total. The van der Waals surface area contributed by atoms with Crippen molar-refractivity contribution in [2.75, 3.05) is 0 Å². The van der Waals surface area contributed by atoms with E-state index in [1.807, 2.05) is 0 Å². The summed E-state index contributed by atoms with van der Waals surface area (Å²) in [5.41, 5.74) is 2.09. The topological polar surface area (TPSA) is 24.1 Å². The molecule has 2 aliphatic rings. The minimum Gasteiger partial charge on any atom is -0.332 e. The smallest absolute Gasteiger partial charge is 0.126 e. The van der Waals surface area contributed by atoms with Crippen LogP contribution in [-0.2, 0) is 0 Å². The van der Waals surface area contributed by atoms with E-state index in [9.17, 15) is 0 Å². The summed E-state index contributed by atoms with van der Waals surface area (Å²) in [5, 5.41) is 0. The summed E-state index contributed by atoms with van der Waals surface area (Å²) in [6, 6.07) is 2.85. The third kappa shape index (κ3) is 6.25. The number of hydrogen-bond donors (Lipinski definition) is 2. The zero-order valence-electron chi connectivity index (χ0n) is 26.2. The lowest BCUT2D eigenvalue weighted by Crippen LogP contribution is -2.64. The molecule has 0 aliphatic heterocycles. The molecule has 2 rings (SSSR count). The van der Waals surface area contributed by atoms with Gasteiger partial charge in [0.25, 0.3) is 0 Å². The molecule has 2 aliphatic carbocycles. The van der Waals surface area contributed by atoms with Crippen LogP contribution in [0.1, 0.15) is 96.9 Å². The molecule has 2 fully saturated rings. The van der Waals surface area contributed by atoms with E-state index in [2.05, 4.69) is 120 Å². The highest BCUT2D eigenvalue weighted by Gasteiger charge is 2.56. The van der Waals surface area contributed by atoms with Gasteiger partial charge in [0.05, 0.1) is 0 Å². The molecule has 4 unspecified atom stereocenters. The van der Waals surface area contributed by atoms with Crippen molar-refractivity contribution < 1.29 is 0 Å². The van der Waals surface area contributed by atoms with Crippen molar-refractivity contribution in [1.29, 1.82) is 0 Å². The first kappa shape index (κ1) is 30.6. The van der Waals surface area contributed by atoms with Gasteiger partial charge in [-0.25, -0.2) is 0 Å². The quantitative estimate of drug-likeness (QED) is 0.336. The van der Waals surface area contributed by atoms with Gasteiger partial charge >= 0.3 is 0 Å². The van der Waals surface area contributed by atoms with Crippen LogP contribution >= 0.6 is 0 Å². The molecule has 0 heterocycles. The summed E-state index contributed by atoms with van der Waals surface area (Å²) in [6.07, 6.45) is 0. The molecule has 2 N–H and O–H groups in total. The molecule has 2 saturated carbocycles. The third-order valence-corrected chi connectivity index (χ3v) is 22.0. The highest BCUT2D eigenvalue weighted by molar-refractivity contribution is 6.83. The monoisotopic (exact) mass is 508 g/mol. The fraction of sp³-hybridized carbons (Fsp3) is 1.00. The summed E-state index contributed by atoms with van der Waals surface area (Å²) in [6.45, 7) is 40.4. The van der Waals surface area contributed by atoms with E-state index in [-0.39, 0.29) is 11.1 Å². The van der Waals surface area contributed by atoms with Crippen molar-refractivity contribution in [3.8, 4) is 0 Å². The third-order valence-electron chi connectivity index (χ3n) is 11.2. The highest BCUT2D eigenvalue weighted by Crippen LogP contribution is 2.57. The van der Waals surface area contributed by atoms with Gasteiger partial charge in [-0.05, 0) is 112 Å². The van der Waals surface area contributed by atoms with Gasteiger partial charge in [-0.15, -0.1) is 0 Å². The lowest BCUT2D eigenvalue weighted by molar-refractivity contribution is 0.352. The van der Waals surface area contributed by atoms with Gasteiger partial charge in [0.15, 0.2) is 0 Å².